The highest BCUT2D eigenvalue weighted by atomic mass is 35.5. The summed E-state index contributed by atoms with van der Waals surface area (Å²) >= 11 is 12.5. The Morgan fingerprint density at radius 1 is 1.09 bits per heavy atom. The topological polar surface area (TPSA) is 118 Å². The number of pyridine rings is 1. The number of carbonyl (C=O) groups is 2. The number of nitrogens with one attached hydrogen (secondary N) is 1. The van der Waals surface area contributed by atoms with Gasteiger partial charge in [0.1, 0.15) is 12.7 Å². The van der Waals surface area contributed by atoms with E-state index in [1.54, 1.807) is 49.4 Å². The predicted molar refractivity (Wildman–Crippen MR) is 132 cm³/mol. The summed E-state index contributed by atoms with van der Waals surface area (Å²) in [7, 11) is 0. The number of benzene rings is 2. The number of hydrogen-bond acceptors (Lipinski definition) is 8. The van der Waals surface area contributed by atoms with Gasteiger partial charge in [-0.1, -0.05) is 47.5 Å². The second-order valence-electron chi connectivity index (χ2n) is 7.65. The van der Waals surface area contributed by atoms with E-state index in [-0.39, 0.29) is 24.3 Å². The molecule has 0 aliphatic heterocycles. The van der Waals surface area contributed by atoms with Crippen molar-refractivity contribution in [1.82, 2.24) is 4.98 Å². The molecule has 184 valence electrons. The summed E-state index contributed by atoms with van der Waals surface area (Å²) in [5.74, 6) is -1.37. The van der Waals surface area contributed by atoms with E-state index >= 15 is 0 Å². The van der Waals surface area contributed by atoms with Gasteiger partial charge in [0, 0.05) is 23.0 Å². The van der Waals surface area contributed by atoms with Crippen LogP contribution in [-0.2, 0) is 34.0 Å². The Labute approximate surface area is 212 Å². The number of para-hydroxylation sites is 2. The third-order valence-corrected chi connectivity index (χ3v) is 5.69. The van der Waals surface area contributed by atoms with E-state index in [9.17, 15) is 19.8 Å². The Morgan fingerprint density at radius 2 is 1.77 bits per heavy atom. The Hall–Kier alpha value is -3.17. The molecule has 1 heterocycles. The van der Waals surface area contributed by atoms with Crippen LogP contribution in [0, 0.1) is 6.92 Å². The molecule has 0 bridgehead atoms. The zero-order valence-corrected chi connectivity index (χ0v) is 20.6. The summed E-state index contributed by atoms with van der Waals surface area (Å²) in [6, 6.07) is 12.2. The normalized spacial score (nSPS) is 11.6. The number of aromatic nitrogens is 1. The van der Waals surface area contributed by atoms with Crippen LogP contribution in [0.1, 0.15) is 29.3 Å². The van der Waals surface area contributed by atoms with Gasteiger partial charge < -0.3 is 25.0 Å². The quantitative estimate of drug-likeness (QED) is 0.354. The van der Waals surface area contributed by atoms with E-state index in [2.05, 4.69) is 10.3 Å². The molecule has 0 saturated carbocycles. The first-order valence-electron chi connectivity index (χ1n) is 10.6. The highest BCUT2D eigenvalue weighted by molar-refractivity contribution is 6.39. The fourth-order valence-electron chi connectivity index (χ4n) is 3.22. The number of aliphatic hydroxyl groups excluding tert-OH is 2. The van der Waals surface area contributed by atoms with Gasteiger partial charge in [0.05, 0.1) is 34.5 Å². The highest BCUT2D eigenvalue weighted by Crippen LogP contribution is 2.34. The number of carbonyl (C=O) groups excluding carboxylic acids is 2. The number of aliphatic hydroxyl groups is 2. The number of halogens is 2. The number of esters is 2. The maximum atomic E-state index is 12.9. The number of aryl methyl sites for hydroxylation is 1. The number of rotatable bonds is 9. The van der Waals surface area contributed by atoms with Crippen molar-refractivity contribution in [3.63, 3.8) is 0 Å². The number of anilines is 2. The molecule has 1 unspecified atom stereocenters. The fraction of sp³-hybridized carbons (Fsp3) is 0.240. The molecule has 0 aliphatic carbocycles. The summed E-state index contributed by atoms with van der Waals surface area (Å²) in [6.45, 7) is 2.17. The maximum Gasteiger partial charge on any atom is 0.334 e. The molecule has 0 amide bonds. The second kappa shape index (κ2) is 12.0. The molecule has 0 saturated heterocycles. The van der Waals surface area contributed by atoms with Gasteiger partial charge in [-0.3, -0.25) is 9.78 Å². The highest BCUT2D eigenvalue weighted by Gasteiger charge is 2.21. The molecule has 35 heavy (non-hydrogen) atoms. The molecular weight excluding hydrogens is 495 g/mol. The van der Waals surface area contributed by atoms with Gasteiger partial charge in [0.2, 0.25) is 0 Å². The zero-order chi connectivity index (χ0) is 25.5. The summed E-state index contributed by atoms with van der Waals surface area (Å²) in [6.07, 6.45) is -0.0248. The number of ether oxygens (including phenoxy) is 2. The van der Waals surface area contributed by atoms with Crippen molar-refractivity contribution >= 4 is 46.5 Å². The minimum absolute atomic E-state index is 0.0829. The minimum Gasteiger partial charge on any atom is -0.459 e. The first-order chi connectivity index (χ1) is 16.7. The molecule has 3 aromatic rings. The Balaban J connectivity index is 1.84. The van der Waals surface area contributed by atoms with Crippen molar-refractivity contribution in [2.24, 2.45) is 0 Å². The Morgan fingerprint density at radius 3 is 2.43 bits per heavy atom. The van der Waals surface area contributed by atoms with E-state index in [1.165, 1.54) is 13.1 Å². The van der Waals surface area contributed by atoms with Gasteiger partial charge in [-0.25, -0.2) is 4.79 Å². The SMILES string of the molecule is Cc1ncc(CO)c(COC(=O)C(C)O)c1OC(=O)Cc1ccccc1Nc1c(Cl)cccc1Cl. The lowest BCUT2D eigenvalue weighted by Gasteiger charge is -2.17. The maximum absolute atomic E-state index is 12.9. The van der Waals surface area contributed by atoms with E-state index < -0.39 is 24.6 Å². The van der Waals surface area contributed by atoms with Gasteiger partial charge in [0.25, 0.3) is 0 Å². The predicted octanol–water partition coefficient (Wildman–Crippen LogP) is 4.50. The molecule has 3 rings (SSSR count). The first-order valence-corrected chi connectivity index (χ1v) is 11.4. The third kappa shape index (κ3) is 6.70. The van der Waals surface area contributed by atoms with Crippen LogP contribution in [0.2, 0.25) is 10.0 Å². The lowest BCUT2D eigenvalue weighted by Crippen LogP contribution is -2.20. The van der Waals surface area contributed by atoms with Gasteiger partial charge >= 0.3 is 11.9 Å². The average molecular weight is 519 g/mol. The number of hydrogen-bond donors (Lipinski definition) is 3. The minimum atomic E-state index is -1.32. The monoisotopic (exact) mass is 518 g/mol. The summed E-state index contributed by atoms with van der Waals surface area (Å²) in [5, 5.41) is 23.1. The second-order valence-corrected chi connectivity index (χ2v) is 8.46. The largest absolute Gasteiger partial charge is 0.459 e. The molecule has 3 N–H and O–H groups in total. The van der Waals surface area contributed by atoms with Crippen molar-refractivity contribution in [3.8, 4) is 5.75 Å². The van der Waals surface area contributed by atoms with E-state index in [4.69, 9.17) is 32.7 Å². The van der Waals surface area contributed by atoms with Crippen molar-refractivity contribution in [2.45, 2.75) is 39.6 Å². The van der Waals surface area contributed by atoms with Crippen molar-refractivity contribution in [1.29, 1.82) is 0 Å². The molecule has 1 atom stereocenters. The third-order valence-electron chi connectivity index (χ3n) is 5.07. The van der Waals surface area contributed by atoms with Crippen LogP contribution < -0.4 is 10.1 Å². The number of nitrogens with zero attached hydrogens (tertiary/aromatic N) is 1. The fourth-order valence-corrected chi connectivity index (χ4v) is 3.71. The van der Waals surface area contributed by atoms with Crippen LogP contribution in [0.15, 0.2) is 48.7 Å². The summed E-state index contributed by atoms with van der Waals surface area (Å²) in [4.78, 5) is 28.8. The molecule has 0 spiro atoms. The van der Waals surface area contributed by atoms with E-state index in [0.29, 0.717) is 38.2 Å². The molecule has 0 fully saturated rings. The first kappa shape index (κ1) is 26.4. The molecule has 0 radical (unpaired) electrons. The lowest BCUT2D eigenvalue weighted by atomic mass is 10.1. The van der Waals surface area contributed by atoms with Crippen molar-refractivity contribution in [2.75, 3.05) is 5.32 Å². The van der Waals surface area contributed by atoms with Gasteiger partial charge in [-0.2, -0.15) is 0 Å². The van der Waals surface area contributed by atoms with Crippen molar-refractivity contribution in [3.05, 3.63) is 81.1 Å². The van der Waals surface area contributed by atoms with E-state index in [0.717, 1.165) is 0 Å². The Kier molecular flexibility index (Phi) is 9.06. The van der Waals surface area contributed by atoms with Crippen LogP contribution >= 0.6 is 23.2 Å². The lowest BCUT2D eigenvalue weighted by molar-refractivity contribution is -0.153. The molecule has 1 aromatic heterocycles. The van der Waals surface area contributed by atoms with Crippen LogP contribution in [-0.4, -0.2) is 33.2 Å². The Bertz CT molecular complexity index is 1210. The standard InChI is InChI=1S/C25H24Cl2N2O6/c1-14-24(18(17(12-30)11-28-14)13-34-25(33)15(2)31)35-22(32)10-16-6-3-4-9-21(16)29-23-19(26)7-5-8-20(23)27/h3-9,11,15,29-31H,10,12-13H2,1-2H3. The summed E-state index contributed by atoms with van der Waals surface area (Å²) < 4.78 is 10.7. The van der Waals surface area contributed by atoms with Crippen LogP contribution in [0.5, 0.6) is 5.75 Å². The van der Waals surface area contributed by atoms with E-state index in [1.807, 2.05) is 0 Å². The van der Waals surface area contributed by atoms with Crippen LogP contribution in [0.4, 0.5) is 11.4 Å². The molecule has 10 heteroatoms. The van der Waals surface area contributed by atoms with Crippen LogP contribution in [0.3, 0.4) is 0 Å². The molecule has 0 aliphatic rings. The van der Waals surface area contributed by atoms with Gasteiger partial charge in [0.15, 0.2) is 5.75 Å². The smallest absolute Gasteiger partial charge is 0.334 e. The molecular formula is C25H24Cl2N2O6. The van der Waals surface area contributed by atoms with Crippen molar-refractivity contribution < 1.29 is 29.3 Å². The van der Waals surface area contributed by atoms with Crippen LogP contribution in [0.25, 0.3) is 0 Å². The van der Waals surface area contributed by atoms with Gasteiger partial charge in [-0.05, 0) is 37.6 Å². The zero-order valence-electron chi connectivity index (χ0n) is 19.0. The van der Waals surface area contributed by atoms with Gasteiger partial charge in [-0.15, -0.1) is 0 Å². The molecule has 2 aromatic carbocycles. The molecule has 8 nitrogen and oxygen atoms in total. The summed E-state index contributed by atoms with van der Waals surface area (Å²) in [5.41, 5.74) is 2.73. The average Bonchev–Trinajstić information content (AvgIpc) is 2.82.